The highest BCUT2D eigenvalue weighted by atomic mass is 14.2. The molecule has 7 rings (SSSR count). The standard InChI is InChI=1S/C28H16/c1-2-5-20-16-25-21(14-19(20)4-1)9-11-22-15-23-10-8-17-6-3-7-18-12-13-24(27(22)25)28(23)26(17)18/h1-16H. The lowest BCUT2D eigenvalue weighted by Crippen LogP contribution is -1.87. The lowest BCUT2D eigenvalue weighted by molar-refractivity contribution is 1.79. The van der Waals surface area contributed by atoms with Crippen LogP contribution in [0.15, 0.2) is 97.1 Å². The molecule has 128 valence electrons. The molecular formula is C28H16. The molecule has 0 unspecified atom stereocenters. The van der Waals surface area contributed by atoms with Crippen molar-refractivity contribution in [3.05, 3.63) is 97.1 Å². The molecule has 0 aliphatic rings. The fourth-order valence-electron chi connectivity index (χ4n) is 5.06. The third-order valence-electron chi connectivity index (χ3n) is 6.31. The largest absolute Gasteiger partial charge is 0.0616 e. The van der Waals surface area contributed by atoms with Crippen LogP contribution in [0.1, 0.15) is 0 Å². The normalized spacial score (nSPS) is 12.3. The SMILES string of the molecule is c1ccc2cc3c(ccc4cc5ccc6cccc7ccc(c43)c5c67)cc2c1. The van der Waals surface area contributed by atoms with E-state index in [9.17, 15) is 0 Å². The smallest absolute Gasteiger partial charge is 0.00201 e. The zero-order valence-electron chi connectivity index (χ0n) is 15.2. The van der Waals surface area contributed by atoms with E-state index in [1.807, 2.05) is 0 Å². The van der Waals surface area contributed by atoms with Crippen LogP contribution in [-0.2, 0) is 0 Å². The molecule has 0 amide bonds. The number of hydrogen-bond donors (Lipinski definition) is 0. The van der Waals surface area contributed by atoms with Gasteiger partial charge in [-0.1, -0.05) is 78.9 Å². The van der Waals surface area contributed by atoms with Crippen molar-refractivity contribution < 1.29 is 0 Å². The van der Waals surface area contributed by atoms with Gasteiger partial charge in [-0.15, -0.1) is 0 Å². The highest BCUT2D eigenvalue weighted by molar-refractivity contribution is 6.33. The molecule has 0 radical (unpaired) electrons. The Morgan fingerprint density at radius 1 is 0.286 bits per heavy atom. The van der Waals surface area contributed by atoms with Crippen molar-refractivity contribution in [1.82, 2.24) is 0 Å². The molecule has 7 aromatic rings. The first-order chi connectivity index (χ1) is 13.9. The van der Waals surface area contributed by atoms with Gasteiger partial charge in [0, 0.05) is 0 Å². The molecule has 0 aliphatic heterocycles. The van der Waals surface area contributed by atoms with E-state index in [4.69, 9.17) is 0 Å². The van der Waals surface area contributed by atoms with Crippen LogP contribution in [0.3, 0.4) is 0 Å². The summed E-state index contributed by atoms with van der Waals surface area (Å²) in [5.74, 6) is 0. The van der Waals surface area contributed by atoms with Gasteiger partial charge in [0.25, 0.3) is 0 Å². The first-order valence-corrected chi connectivity index (χ1v) is 9.79. The number of rotatable bonds is 0. The van der Waals surface area contributed by atoms with Gasteiger partial charge < -0.3 is 0 Å². The predicted octanol–water partition coefficient (Wildman–Crippen LogP) is 8.04. The van der Waals surface area contributed by atoms with Crippen LogP contribution in [0.4, 0.5) is 0 Å². The molecule has 0 fully saturated rings. The summed E-state index contributed by atoms with van der Waals surface area (Å²) in [5, 5.41) is 16.0. The molecule has 0 saturated carbocycles. The van der Waals surface area contributed by atoms with E-state index in [1.54, 1.807) is 0 Å². The van der Waals surface area contributed by atoms with Crippen LogP contribution >= 0.6 is 0 Å². The second-order valence-corrected chi connectivity index (χ2v) is 7.82. The second-order valence-electron chi connectivity index (χ2n) is 7.82. The molecule has 0 aromatic heterocycles. The van der Waals surface area contributed by atoms with Crippen LogP contribution in [0.25, 0.3) is 64.6 Å². The van der Waals surface area contributed by atoms with Gasteiger partial charge in [-0.2, -0.15) is 0 Å². The van der Waals surface area contributed by atoms with E-state index in [2.05, 4.69) is 97.1 Å². The Morgan fingerprint density at radius 3 is 1.68 bits per heavy atom. The molecule has 0 heterocycles. The minimum absolute atomic E-state index is 1.30. The average molecular weight is 352 g/mol. The van der Waals surface area contributed by atoms with E-state index in [1.165, 1.54) is 64.6 Å². The summed E-state index contributed by atoms with van der Waals surface area (Å²) in [6.07, 6.45) is 0. The molecule has 7 aromatic carbocycles. The van der Waals surface area contributed by atoms with Crippen molar-refractivity contribution in [2.45, 2.75) is 0 Å². The van der Waals surface area contributed by atoms with Crippen molar-refractivity contribution in [2.75, 3.05) is 0 Å². The van der Waals surface area contributed by atoms with Crippen LogP contribution < -0.4 is 0 Å². The van der Waals surface area contributed by atoms with Gasteiger partial charge in [-0.3, -0.25) is 0 Å². The summed E-state index contributed by atoms with van der Waals surface area (Å²) in [6.45, 7) is 0. The van der Waals surface area contributed by atoms with Gasteiger partial charge in [-0.25, -0.2) is 0 Å². The van der Waals surface area contributed by atoms with Crippen LogP contribution in [0.5, 0.6) is 0 Å². The lowest BCUT2D eigenvalue weighted by Gasteiger charge is -2.15. The quantitative estimate of drug-likeness (QED) is 0.191. The fraction of sp³-hybridized carbons (Fsp3) is 0. The van der Waals surface area contributed by atoms with E-state index in [0.29, 0.717) is 0 Å². The predicted molar refractivity (Wildman–Crippen MR) is 123 cm³/mol. The van der Waals surface area contributed by atoms with Gasteiger partial charge in [0.1, 0.15) is 0 Å². The van der Waals surface area contributed by atoms with E-state index < -0.39 is 0 Å². The van der Waals surface area contributed by atoms with Gasteiger partial charge in [0.05, 0.1) is 0 Å². The van der Waals surface area contributed by atoms with Crippen molar-refractivity contribution in [2.24, 2.45) is 0 Å². The van der Waals surface area contributed by atoms with Crippen LogP contribution in [0.2, 0.25) is 0 Å². The molecule has 0 aliphatic carbocycles. The summed E-state index contributed by atoms with van der Waals surface area (Å²) in [6, 6.07) is 36.0. The zero-order valence-corrected chi connectivity index (χ0v) is 15.2. The molecule has 28 heavy (non-hydrogen) atoms. The van der Waals surface area contributed by atoms with Crippen molar-refractivity contribution in [3.8, 4) is 0 Å². The minimum atomic E-state index is 1.30. The molecule has 0 saturated heterocycles. The Morgan fingerprint density at radius 2 is 0.857 bits per heavy atom. The lowest BCUT2D eigenvalue weighted by atomic mass is 9.88. The molecule has 0 heteroatoms. The molecule has 0 bridgehead atoms. The van der Waals surface area contributed by atoms with E-state index in [-0.39, 0.29) is 0 Å². The summed E-state index contributed by atoms with van der Waals surface area (Å²) in [4.78, 5) is 0. The first kappa shape index (κ1) is 14.4. The molecule has 0 spiro atoms. The molecular weight excluding hydrogens is 336 g/mol. The monoisotopic (exact) mass is 352 g/mol. The van der Waals surface area contributed by atoms with Gasteiger partial charge >= 0.3 is 0 Å². The third-order valence-corrected chi connectivity index (χ3v) is 6.31. The topological polar surface area (TPSA) is 0 Å². The molecule has 0 N–H and O–H groups in total. The summed E-state index contributed by atoms with van der Waals surface area (Å²) in [5.41, 5.74) is 0. The van der Waals surface area contributed by atoms with Crippen molar-refractivity contribution >= 4 is 64.6 Å². The van der Waals surface area contributed by atoms with Crippen LogP contribution in [0, 0.1) is 0 Å². The minimum Gasteiger partial charge on any atom is -0.0616 e. The van der Waals surface area contributed by atoms with Crippen LogP contribution in [-0.4, -0.2) is 0 Å². The maximum Gasteiger partial charge on any atom is -0.00201 e. The maximum atomic E-state index is 2.36. The Kier molecular flexibility index (Phi) is 2.57. The summed E-state index contributed by atoms with van der Waals surface area (Å²) < 4.78 is 0. The second kappa shape index (κ2) is 4.99. The Balaban J connectivity index is 1.81. The average Bonchev–Trinajstić information content (AvgIpc) is 2.75. The Labute approximate surface area is 162 Å². The Bertz CT molecular complexity index is 1690. The number of benzene rings is 7. The van der Waals surface area contributed by atoms with E-state index >= 15 is 0 Å². The number of hydrogen-bond acceptors (Lipinski definition) is 0. The van der Waals surface area contributed by atoms with Crippen molar-refractivity contribution in [3.63, 3.8) is 0 Å². The molecule has 0 atom stereocenters. The highest BCUT2D eigenvalue weighted by Crippen LogP contribution is 2.41. The fourth-order valence-corrected chi connectivity index (χ4v) is 5.06. The van der Waals surface area contributed by atoms with Gasteiger partial charge in [0.2, 0.25) is 0 Å². The third kappa shape index (κ3) is 1.75. The first-order valence-electron chi connectivity index (χ1n) is 9.79. The van der Waals surface area contributed by atoms with Gasteiger partial charge in [0.15, 0.2) is 0 Å². The van der Waals surface area contributed by atoms with Gasteiger partial charge in [-0.05, 0) is 82.8 Å². The molecule has 0 nitrogen and oxygen atoms in total. The Hall–Kier alpha value is -3.64. The number of fused-ring (bicyclic) bond motifs is 5. The highest BCUT2D eigenvalue weighted by Gasteiger charge is 2.13. The summed E-state index contributed by atoms with van der Waals surface area (Å²) in [7, 11) is 0. The van der Waals surface area contributed by atoms with Crippen molar-refractivity contribution in [1.29, 1.82) is 0 Å². The van der Waals surface area contributed by atoms with E-state index in [0.717, 1.165) is 0 Å². The zero-order chi connectivity index (χ0) is 18.2. The summed E-state index contributed by atoms with van der Waals surface area (Å²) >= 11 is 0. The maximum absolute atomic E-state index is 2.36.